The Labute approximate surface area is 166 Å². The van der Waals surface area contributed by atoms with Crippen LogP contribution < -0.4 is 9.47 Å². The standard InChI is InChI=1S/C22H23F5O2/c1-2-14-3-5-15(6-4-14)16-7-10-18(11-8-16)29-22(26,27)17-9-12-20(19(23)13-17)28-21(24)25/h7-15,21H,2-6H2,1H3. The van der Waals surface area contributed by atoms with Gasteiger partial charge in [-0.15, -0.1) is 0 Å². The molecule has 158 valence electrons. The third-order valence-corrected chi connectivity index (χ3v) is 5.51. The molecule has 0 radical (unpaired) electrons. The number of hydrogen-bond donors (Lipinski definition) is 0. The lowest BCUT2D eigenvalue weighted by Gasteiger charge is -2.28. The highest BCUT2D eigenvalue weighted by molar-refractivity contribution is 5.33. The lowest BCUT2D eigenvalue weighted by atomic mass is 9.78. The maximum Gasteiger partial charge on any atom is 0.426 e. The van der Waals surface area contributed by atoms with E-state index in [1.807, 2.05) is 0 Å². The maximum atomic E-state index is 14.4. The fourth-order valence-electron chi connectivity index (χ4n) is 3.79. The van der Waals surface area contributed by atoms with Crippen molar-refractivity contribution in [2.24, 2.45) is 5.92 Å². The molecule has 0 N–H and O–H groups in total. The zero-order chi connectivity index (χ0) is 21.0. The van der Waals surface area contributed by atoms with E-state index >= 15 is 0 Å². The van der Waals surface area contributed by atoms with Crippen LogP contribution in [0.15, 0.2) is 42.5 Å². The van der Waals surface area contributed by atoms with Gasteiger partial charge in [-0.25, -0.2) is 4.39 Å². The fraction of sp³-hybridized carbons (Fsp3) is 0.455. The lowest BCUT2D eigenvalue weighted by Crippen LogP contribution is -2.22. The Kier molecular flexibility index (Phi) is 6.65. The van der Waals surface area contributed by atoms with Crippen molar-refractivity contribution in [3.8, 4) is 11.5 Å². The van der Waals surface area contributed by atoms with Gasteiger partial charge in [0.2, 0.25) is 0 Å². The van der Waals surface area contributed by atoms with Crippen LogP contribution in [0.3, 0.4) is 0 Å². The maximum absolute atomic E-state index is 14.4. The summed E-state index contributed by atoms with van der Waals surface area (Å²) >= 11 is 0. The molecule has 2 nitrogen and oxygen atoms in total. The number of ether oxygens (including phenoxy) is 2. The Morgan fingerprint density at radius 3 is 2.21 bits per heavy atom. The van der Waals surface area contributed by atoms with Gasteiger partial charge in [-0.05, 0) is 73.4 Å². The quantitative estimate of drug-likeness (QED) is 0.445. The van der Waals surface area contributed by atoms with Gasteiger partial charge in [0, 0.05) is 0 Å². The van der Waals surface area contributed by atoms with E-state index in [1.54, 1.807) is 12.1 Å². The minimum absolute atomic E-state index is 0.0608. The largest absolute Gasteiger partial charge is 0.432 e. The van der Waals surface area contributed by atoms with E-state index in [0.29, 0.717) is 12.0 Å². The molecule has 1 saturated carbocycles. The minimum Gasteiger partial charge on any atom is -0.432 e. The monoisotopic (exact) mass is 414 g/mol. The second-order valence-electron chi connectivity index (χ2n) is 7.34. The molecule has 1 aliphatic rings. The molecule has 1 aliphatic carbocycles. The van der Waals surface area contributed by atoms with Crippen LogP contribution in [-0.2, 0) is 6.11 Å². The molecule has 1 fully saturated rings. The highest BCUT2D eigenvalue weighted by atomic mass is 19.3. The van der Waals surface area contributed by atoms with Gasteiger partial charge in [0.25, 0.3) is 0 Å². The number of alkyl halides is 4. The molecular formula is C22H23F5O2. The van der Waals surface area contributed by atoms with Crippen LogP contribution in [0.5, 0.6) is 11.5 Å². The summed E-state index contributed by atoms with van der Waals surface area (Å²) < 4.78 is 75.5. The lowest BCUT2D eigenvalue weighted by molar-refractivity contribution is -0.185. The van der Waals surface area contributed by atoms with Crippen molar-refractivity contribution in [1.29, 1.82) is 0 Å². The van der Waals surface area contributed by atoms with Crippen molar-refractivity contribution in [1.82, 2.24) is 0 Å². The Morgan fingerprint density at radius 2 is 1.66 bits per heavy atom. The molecule has 0 bridgehead atoms. The molecule has 0 unspecified atom stereocenters. The summed E-state index contributed by atoms with van der Waals surface area (Å²) in [5.74, 6) is -0.991. The Morgan fingerprint density at radius 1 is 1.00 bits per heavy atom. The van der Waals surface area contributed by atoms with E-state index in [9.17, 15) is 22.0 Å². The predicted molar refractivity (Wildman–Crippen MR) is 99.0 cm³/mol. The molecule has 2 aromatic carbocycles. The van der Waals surface area contributed by atoms with Gasteiger partial charge in [-0.3, -0.25) is 0 Å². The van der Waals surface area contributed by atoms with Crippen molar-refractivity contribution in [2.75, 3.05) is 0 Å². The summed E-state index contributed by atoms with van der Waals surface area (Å²) in [6.07, 6.45) is 1.88. The van der Waals surface area contributed by atoms with Gasteiger partial charge >= 0.3 is 12.7 Å². The first-order chi connectivity index (χ1) is 13.8. The van der Waals surface area contributed by atoms with Crippen LogP contribution in [0.4, 0.5) is 22.0 Å². The molecule has 3 rings (SSSR count). The zero-order valence-corrected chi connectivity index (χ0v) is 16.0. The Hall–Kier alpha value is -2.31. The van der Waals surface area contributed by atoms with Crippen LogP contribution in [0.1, 0.15) is 56.1 Å². The van der Waals surface area contributed by atoms with Crippen molar-refractivity contribution < 1.29 is 31.4 Å². The van der Waals surface area contributed by atoms with Crippen molar-refractivity contribution in [2.45, 2.75) is 57.7 Å². The number of halogens is 5. The van der Waals surface area contributed by atoms with Gasteiger partial charge in [0.05, 0.1) is 5.56 Å². The Balaban J connectivity index is 1.66. The van der Waals surface area contributed by atoms with Gasteiger partial charge in [-0.2, -0.15) is 17.6 Å². The SMILES string of the molecule is CCC1CCC(c2ccc(OC(F)(F)c3ccc(OC(F)F)c(F)c3)cc2)CC1. The Bertz CT molecular complexity index is 799. The third kappa shape index (κ3) is 5.40. The van der Waals surface area contributed by atoms with Crippen molar-refractivity contribution in [3.05, 3.63) is 59.4 Å². The molecular weight excluding hydrogens is 391 g/mol. The molecule has 0 aliphatic heterocycles. The molecule has 0 spiro atoms. The average Bonchev–Trinajstić information content (AvgIpc) is 2.69. The zero-order valence-electron chi connectivity index (χ0n) is 16.0. The van der Waals surface area contributed by atoms with Crippen LogP contribution >= 0.6 is 0 Å². The van der Waals surface area contributed by atoms with Crippen LogP contribution in [0.25, 0.3) is 0 Å². The van der Waals surface area contributed by atoms with Crippen LogP contribution in [0, 0.1) is 11.7 Å². The molecule has 0 heterocycles. The number of hydrogen-bond acceptors (Lipinski definition) is 2. The van der Waals surface area contributed by atoms with Crippen LogP contribution in [0.2, 0.25) is 0 Å². The second-order valence-corrected chi connectivity index (χ2v) is 7.34. The summed E-state index contributed by atoms with van der Waals surface area (Å²) in [6.45, 7) is -1.05. The summed E-state index contributed by atoms with van der Waals surface area (Å²) in [4.78, 5) is 0. The van der Waals surface area contributed by atoms with E-state index in [0.717, 1.165) is 36.5 Å². The molecule has 0 aromatic heterocycles. The summed E-state index contributed by atoms with van der Waals surface area (Å²) in [5.41, 5.74) is 0.299. The highest BCUT2D eigenvalue weighted by Crippen LogP contribution is 2.38. The third-order valence-electron chi connectivity index (χ3n) is 5.51. The van der Waals surface area contributed by atoms with Crippen LogP contribution in [-0.4, -0.2) is 6.61 Å². The van der Waals surface area contributed by atoms with E-state index < -0.39 is 29.9 Å². The normalized spacial score (nSPS) is 20.0. The van der Waals surface area contributed by atoms with E-state index in [1.165, 1.54) is 31.4 Å². The summed E-state index contributed by atoms with van der Waals surface area (Å²) in [6, 6.07) is 8.45. The van der Waals surface area contributed by atoms with Gasteiger partial charge in [0.1, 0.15) is 5.75 Å². The van der Waals surface area contributed by atoms with Gasteiger partial charge < -0.3 is 9.47 Å². The highest BCUT2D eigenvalue weighted by Gasteiger charge is 2.35. The molecule has 2 aromatic rings. The molecule has 0 atom stereocenters. The first-order valence-electron chi connectivity index (χ1n) is 9.70. The summed E-state index contributed by atoms with van der Waals surface area (Å²) in [5, 5.41) is 0. The van der Waals surface area contributed by atoms with E-state index in [-0.39, 0.29) is 5.75 Å². The minimum atomic E-state index is -3.83. The van der Waals surface area contributed by atoms with E-state index in [4.69, 9.17) is 4.74 Å². The molecule has 7 heteroatoms. The fourth-order valence-corrected chi connectivity index (χ4v) is 3.79. The first-order valence-corrected chi connectivity index (χ1v) is 9.70. The van der Waals surface area contributed by atoms with E-state index in [2.05, 4.69) is 11.7 Å². The topological polar surface area (TPSA) is 18.5 Å². The predicted octanol–water partition coefficient (Wildman–Crippen LogP) is 7.24. The molecule has 29 heavy (non-hydrogen) atoms. The van der Waals surface area contributed by atoms with Crippen molar-refractivity contribution >= 4 is 0 Å². The number of benzene rings is 2. The summed E-state index contributed by atoms with van der Waals surface area (Å²) in [7, 11) is 0. The van der Waals surface area contributed by atoms with Gasteiger partial charge in [0.15, 0.2) is 11.6 Å². The smallest absolute Gasteiger partial charge is 0.426 e. The second kappa shape index (κ2) is 9.01. The molecule has 0 amide bonds. The van der Waals surface area contributed by atoms with Gasteiger partial charge in [-0.1, -0.05) is 25.5 Å². The average molecular weight is 414 g/mol. The first kappa shape index (κ1) is 21.4. The van der Waals surface area contributed by atoms with Crippen molar-refractivity contribution in [3.63, 3.8) is 0 Å². The number of rotatable bonds is 7. The molecule has 0 saturated heterocycles.